The molecule has 3 aromatic rings. The Morgan fingerprint density at radius 1 is 1.25 bits per heavy atom. The molecule has 1 saturated heterocycles. The molecule has 1 N–H and O–H groups in total. The lowest BCUT2D eigenvalue weighted by Crippen LogP contribution is -2.42. The first-order valence-electron chi connectivity index (χ1n) is 8.22. The fraction of sp³-hybridized carbons (Fsp3) is 0.333. The number of carbonyl (C=O) groups excluding carboxylic acids is 1. The summed E-state index contributed by atoms with van der Waals surface area (Å²) in [6.45, 7) is 1.41. The number of likely N-dealkylation sites (tertiary alicyclic amines) is 1. The van der Waals surface area contributed by atoms with Crippen molar-refractivity contribution in [3.05, 3.63) is 48.4 Å². The van der Waals surface area contributed by atoms with E-state index in [1.54, 1.807) is 24.0 Å². The molecule has 124 valence electrons. The van der Waals surface area contributed by atoms with Crippen LogP contribution in [0.15, 0.2) is 42.7 Å². The van der Waals surface area contributed by atoms with Crippen LogP contribution in [0.1, 0.15) is 23.3 Å². The summed E-state index contributed by atoms with van der Waals surface area (Å²) in [5, 5.41) is 5.17. The lowest BCUT2D eigenvalue weighted by atomic mass is 10.1. The second kappa shape index (κ2) is 6.03. The Morgan fingerprint density at radius 2 is 2.08 bits per heavy atom. The Bertz CT molecular complexity index is 859. The first-order valence-corrected chi connectivity index (χ1v) is 8.22. The summed E-state index contributed by atoms with van der Waals surface area (Å²) in [5.41, 5.74) is 1.71. The number of carbonyl (C=O) groups is 1. The quantitative estimate of drug-likeness (QED) is 0.805. The number of fused-ring (bicyclic) bond motifs is 1. The van der Waals surface area contributed by atoms with Gasteiger partial charge in [-0.05, 0) is 24.3 Å². The Labute approximate surface area is 140 Å². The van der Waals surface area contributed by atoms with Crippen LogP contribution >= 0.6 is 0 Å². The van der Waals surface area contributed by atoms with Gasteiger partial charge in [0, 0.05) is 56.3 Å². The van der Waals surface area contributed by atoms with E-state index in [9.17, 15) is 4.79 Å². The largest absolute Gasteiger partial charge is 0.490 e. The zero-order valence-electron chi connectivity index (χ0n) is 13.6. The number of amides is 1. The molecule has 0 spiro atoms. The maximum absolute atomic E-state index is 12.5. The average Bonchev–Trinajstić information content (AvgIpc) is 3.24. The summed E-state index contributed by atoms with van der Waals surface area (Å²) in [6.07, 6.45) is 5.39. The second-order valence-electron chi connectivity index (χ2n) is 6.14. The van der Waals surface area contributed by atoms with E-state index in [1.807, 2.05) is 35.4 Å². The normalized spacial score (nSPS) is 15.8. The van der Waals surface area contributed by atoms with Crippen LogP contribution in [0.4, 0.5) is 0 Å². The number of hydrogen-bond donors (Lipinski definition) is 1. The van der Waals surface area contributed by atoms with Crippen LogP contribution in [0.25, 0.3) is 10.9 Å². The van der Waals surface area contributed by atoms with Gasteiger partial charge in [-0.1, -0.05) is 6.07 Å². The summed E-state index contributed by atoms with van der Waals surface area (Å²) in [6, 6.07) is 9.83. The van der Waals surface area contributed by atoms with E-state index in [0.29, 0.717) is 18.8 Å². The molecular formula is C18H20N4O2. The molecule has 0 bridgehead atoms. The average molecular weight is 324 g/mol. The summed E-state index contributed by atoms with van der Waals surface area (Å²) >= 11 is 0. The molecule has 0 radical (unpaired) electrons. The van der Waals surface area contributed by atoms with Crippen molar-refractivity contribution < 1.29 is 9.53 Å². The number of ether oxygens (including phenoxy) is 1. The van der Waals surface area contributed by atoms with E-state index < -0.39 is 0 Å². The third-order valence-electron chi connectivity index (χ3n) is 4.62. The van der Waals surface area contributed by atoms with Crippen LogP contribution in [0, 0.1) is 0 Å². The molecule has 1 aromatic carbocycles. The first kappa shape index (κ1) is 14.8. The number of rotatable bonds is 3. The van der Waals surface area contributed by atoms with Crippen LogP contribution in [-0.2, 0) is 7.05 Å². The molecule has 24 heavy (non-hydrogen) atoms. The van der Waals surface area contributed by atoms with Gasteiger partial charge in [0.25, 0.3) is 5.91 Å². The number of aromatic amines is 1. The monoisotopic (exact) mass is 324 g/mol. The third-order valence-corrected chi connectivity index (χ3v) is 4.62. The number of piperidine rings is 1. The summed E-state index contributed by atoms with van der Waals surface area (Å²) in [5.74, 6) is 0.950. The topological polar surface area (TPSA) is 63.1 Å². The van der Waals surface area contributed by atoms with Gasteiger partial charge in [-0.3, -0.25) is 9.48 Å². The molecular weight excluding hydrogens is 304 g/mol. The smallest absolute Gasteiger partial charge is 0.272 e. The van der Waals surface area contributed by atoms with E-state index in [2.05, 4.69) is 10.1 Å². The van der Waals surface area contributed by atoms with Gasteiger partial charge >= 0.3 is 0 Å². The first-order chi connectivity index (χ1) is 11.7. The van der Waals surface area contributed by atoms with Gasteiger partial charge in [0.15, 0.2) is 0 Å². The van der Waals surface area contributed by atoms with E-state index in [-0.39, 0.29) is 12.0 Å². The number of aromatic nitrogens is 3. The summed E-state index contributed by atoms with van der Waals surface area (Å²) in [7, 11) is 1.79. The van der Waals surface area contributed by atoms with Crippen molar-refractivity contribution in [2.24, 2.45) is 7.05 Å². The Kier molecular flexibility index (Phi) is 3.72. The highest BCUT2D eigenvalue weighted by Crippen LogP contribution is 2.27. The Morgan fingerprint density at radius 3 is 2.83 bits per heavy atom. The van der Waals surface area contributed by atoms with Gasteiger partial charge < -0.3 is 14.6 Å². The van der Waals surface area contributed by atoms with Crippen LogP contribution in [0.3, 0.4) is 0 Å². The highest BCUT2D eigenvalue weighted by Gasteiger charge is 2.26. The SMILES string of the molecule is Cn1nccc1C(=O)N1CCC(Oc2cccc3[nH]ccc23)CC1. The molecule has 6 nitrogen and oxygen atoms in total. The fourth-order valence-corrected chi connectivity index (χ4v) is 3.26. The number of aryl methyl sites for hydroxylation is 1. The van der Waals surface area contributed by atoms with Crippen molar-refractivity contribution >= 4 is 16.8 Å². The molecule has 3 heterocycles. The van der Waals surface area contributed by atoms with Crippen LogP contribution < -0.4 is 4.74 Å². The van der Waals surface area contributed by atoms with Gasteiger partial charge in [-0.15, -0.1) is 0 Å². The number of benzene rings is 1. The molecule has 0 unspecified atom stereocenters. The standard InChI is InChI=1S/C18H20N4O2/c1-21-16(6-10-20-21)18(23)22-11-7-13(8-12-22)24-17-4-2-3-15-14(17)5-9-19-15/h2-6,9-10,13,19H,7-8,11-12H2,1H3. The maximum atomic E-state index is 12.5. The zero-order valence-corrected chi connectivity index (χ0v) is 13.6. The molecule has 1 aliphatic heterocycles. The Balaban J connectivity index is 1.41. The van der Waals surface area contributed by atoms with Crippen molar-refractivity contribution in [1.29, 1.82) is 0 Å². The molecule has 1 amide bonds. The van der Waals surface area contributed by atoms with Gasteiger partial charge in [-0.25, -0.2) is 0 Å². The van der Waals surface area contributed by atoms with Crippen molar-refractivity contribution in [3.63, 3.8) is 0 Å². The van der Waals surface area contributed by atoms with Gasteiger partial charge in [0.05, 0.1) is 0 Å². The molecule has 4 rings (SSSR count). The van der Waals surface area contributed by atoms with E-state index in [1.165, 1.54) is 0 Å². The molecule has 0 saturated carbocycles. The van der Waals surface area contributed by atoms with E-state index in [0.717, 1.165) is 29.5 Å². The maximum Gasteiger partial charge on any atom is 0.272 e. The predicted molar refractivity (Wildman–Crippen MR) is 91.1 cm³/mol. The Hall–Kier alpha value is -2.76. The van der Waals surface area contributed by atoms with Crippen molar-refractivity contribution in [2.45, 2.75) is 18.9 Å². The minimum Gasteiger partial charge on any atom is -0.490 e. The lowest BCUT2D eigenvalue weighted by Gasteiger charge is -2.32. The van der Waals surface area contributed by atoms with Crippen molar-refractivity contribution in [2.75, 3.05) is 13.1 Å². The lowest BCUT2D eigenvalue weighted by molar-refractivity contribution is 0.0588. The minimum atomic E-state index is 0.0428. The van der Waals surface area contributed by atoms with Gasteiger partial charge in [0.2, 0.25) is 0 Å². The molecule has 0 atom stereocenters. The zero-order chi connectivity index (χ0) is 16.5. The second-order valence-corrected chi connectivity index (χ2v) is 6.14. The number of nitrogens with one attached hydrogen (secondary N) is 1. The minimum absolute atomic E-state index is 0.0428. The number of nitrogens with zero attached hydrogens (tertiary/aromatic N) is 3. The molecule has 1 aliphatic rings. The molecule has 2 aromatic heterocycles. The van der Waals surface area contributed by atoms with E-state index >= 15 is 0 Å². The highest BCUT2D eigenvalue weighted by molar-refractivity contribution is 5.92. The van der Waals surface area contributed by atoms with Crippen LogP contribution in [-0.4, -0.2) is 44.8 Å². The van der Waals surface area contributed by atoms with Crippen LogP contribution in [0.5, 0.6) is 5.75 Å². The third kappa shape index (κ3) is 2.64. The van der Waals surface area contributed by atoms with Crippen LogP contribution in [0.2, 0.25) is 0 Å². The number of H-pyrrole nitrogens is 1. The molecule has 1 fully saturated rings. The van der Waals surface area contributed by atoms with Gasteiger partial charge in [0.1, 0.15) is 17.5 Å². The van der Waals surface area contributed by atoms with Crippen molar-refractivity contribution in [3.8, 4) is 5.75 Å². The molecule has 0 aliphatic carbocycles. The summed E-state index contributed by atoms with van der Waals surface area (Å²) < 4.78 is 7.82. The molecule has 6 heteroatoms. The van der Waals surface area contributed by atoms with Crippen molar-refractivity contribution in [1.82, 2.24) is 19.7 Å². The highest BCUT2D eigenvalue weighted by atomic mass is 16.5. The fourth-order valence-electron chi connectivity index (χ4n) is 3.26. The van der Waals surface area contributed by atoms with E-state index in [4.69, 9.17) is 4.74 Å². The predicted octanol–water partition coefficient (Wildman–Crippen LogP) is 2.59. The number of hydrogen-bond acceptors (Lipinski definition) is 3. The summed E-state index contributed by atoms with van der Waals surface area (Å²) in [4.78, 5) is 17.6. The van der Waals surface area contributed by atoms with Gasteiger partial charge in [-0.2, -0.15) is 5.10 Å².